The van der Waals surface area contributed by atoms with E-state index in [-0.39, 0.29) is 17.9 Å². The molecule has 3 aromatic carbocycles. The van der Waals surface area contributed by atoms with E-state index < -0.39 is 0 Å². The Balaban J connectivity index is 1.84. The van der Waals surface area contributed by atoms with Crippen molar-refractivity contribution in [3.05, 3.63) is 71.8 Å². The van der Waals surface area contributed by atoms with Gasteiger partial charge in [-0.3, -0.25) is 4.79 Å². The number of benzene rings is 3. The molecular weight excluding hydrogens is 408 g/mol. The topological polar surface area (TPSA) is 83.2 Å². The average molecular weight is 434 g/mol. The van der Waals surface area contributed by atoms with Crippen LogP contribution in [0.1, 0.15) is 23.1 Å². The van der Waals surface area contributed by atoms with Gasteiger partial charge in [0.25, 0.3) is 0 Å². The van der Waals surface area contributed by atoms with Crippen molar-refractivity contribution in [3.63, 3.8) is 0 Å². The van der Waals surface area contributed by atoms with Crippen LogP contribution in [0.15, 0.2) is 60.7 Å². The molecule has 1 fully saturated rings. The summed E-state index contributed by atoms with van der Waals surface area (Å²) in [6, 6.07) is 18.6. The maximum Gasteiger partial charge on any atom is 0.237 e. The SMILES string of the molecule is COc1ccc([C@H]2[C@H](c3ccccc3)C(=O)N2c2cc(OC)c(OC)c(OC)c2)cc1N. The van der Waals surface area contributed by atoms with Gasteiger partial charge in [0.1, 0.15) is 5.75 Å². The van der Waals surface area contributed by atoms with Crippen molar-refractivity contribution >= 4 is 17.3 Å². The second kappa shape index (κ2) is 8.70. The fourth-order valence-electron chi connectivity index (χ4n) is 4.25. The molecule has 0 unspecified atom stereocenters. The van der Waals surface area contributed by atoms with E-state index in [1.807, 2.05) is 48.5 Å². The van der Waals surface area contributed by atoms with E-state index >= 15 is 0 Å². The van der Waals surface area contributed by atoms with Gasteiger partial charge in [0.15, 0.2) is 11.5 Å². The third kappa shape index (κ3) is 3.45. The van der Waals surface area contributed by atoms with Crippen LogP contribution in [-0.2, 0) is 4.79 Å². The number of nitrogen functional groups attached to an aromatic ring is 1. The van der Waals surface area contributed by atoms with Crippen LogP contribution in [0.2, 0.25) is 0 Å². The molecule has 2 N–H and O–H groups in total. The fraction of sp³-hybridized carbons (Fsp3) is 0.240. The molecule has 166 valence electrons. The highest BCUT2D eigenvalue weighted by atomic mass is 16.5. The number of carbonyl (C=O) groups excluding carboxylic acids is 1. The van der Waals surface area contributed by atoms with E-state index in [0.29, 0.717) is 34.4 Å². The molecular formula is C25H26N2O5. The summed E-state index contributed by atoms with van der Waals surface area (Å²) >= 11 is 0. The number of nitrogens with zero attached hydrogens (tertiary/aromatic N) is 1. The van der Waals surface area contributed by atoms with Gasteiger partial charge in [-0.2, -0.15) is 0 Å². The third-order valence-corrected chi connectivity index (χ3v) is 5.78. The second-order valence-corrected chi connectivity index (χ2v) is 7.43. The summed E-state index contributed by atoms with van der Waals surface area (Å²) in [6.45, 7) is 0. The van der Waals surface area contributed by atoms with Crippen LogP contribution in [0.25, 0.3) is 0 Å². The van der Waals surface area contributed by atoms with E-state index in [1.54, 1.807) is 45.5 Å². The van der Waals surface area contributed by atoms with Crippen molar-refractivity contribution in [2.24, 2.45) is 0 Å². The van der Waals surface area contributed by atoms with E-state index in [2.05, 4.69) is 0 Å². The van der Waals surface area contributed by atoms with Crippen LogP contribution in [-0.4, -0.2) is 34.3 Å². The molecule has 4 rings (SSSR count). The monoisotopic (exact) mass is 434 g/mol. The van der Waals surface area contributed by atoms with Crippen LogP contribution in [0.3, 0.4) is 0 Å². The van der Waals surface area contributed by atoms with Crippen LogP contribution in [0.4, 0.5) is 11.4 Å². The number of amides is 1. The lowest BCUT2D eigenvalue weighted by Gasteiger charge is -2.48. The first-order valence-corrected chi connectivity index (χ1v) is 10.2. The molecule has 0 aromatic heterocycles. The highest BCUT2D eigenvalue weighted by Gasteiger charge is 2.50. The second-order valence-electron chi connectivity index (χ2n) is 7.43. The van der Waals surface area contributed by atoms with Crippen molar-refractivity contribution in [1.82, 2.24) is 0 Å². The van der Waals surface area contributed by atoms with E-state index in [4.69, 9.17) is 24.7 Å². The summed E-state index contributed by atoms with van der Waals surface area (Å²) in [5.74, 6) is 1.65. The lowest BCUT2D eigenvalue weighted by atomic mass is 9.77. The number of anilines is 2. The molecule has 32 heavy (non-hydrogen) atoms. The van der Waals surface area contributed by atoms with Crippen molar-refractivity contribution in [2.75, 3.05) is 39.1 Å². The van der Waals surface area contributed by atoms with Gasteiger partial charge in [0, 0.05) is 12.1 Å². The largest absolute Gasteiger partial charge is 0.495 e. The minimum Gasteiger partial charge on any atom is -0.495 e. The third-order valence-electron chi connectivity index (χ3n) is 5.78. The van der Waals surface area contributed by atoms with Gasteiger partial charge in [-0.25, -0.2) is 0 Å². The first-order chi connectivity index (χ1) is 15.5. The van der Waals surface area contributed by atoms with E-state index in [1.165, 1.54) is 0 Å². The molecule has 0 bridgehead atoms. The first kappa shape index (κ1) is 21.4. The normalized spacial score (nSPS) is 17.5. The summed E-state index contributed by atoms with van der Waals surface area (Å²) in [4.78, 5) is 15.2. The zero-order valence-electron chi connectivity index (χ0n) is 18.5. The minimum atomic E-state index is -0.344. The molecule has 1 amide bonds. The molecule has 2 atom stereocenters. The summed E-state index contributed by atoms with van der Waals surface area (Å²) in [7, 11) is 6.22. The minimum absolute atomic E-state index is 0.0233. The Morgan fingerprint density at radius 1 is 0.750 bits per heavy atom. The van der Waals surface area contributed by atoms with Crippen molar-refractivity contribution < 1.29 is 23.7 Å². The van der Waals surface area contributed by atoms with Crippen molar-refractivity contribution in [3.8, 4) is 23.0 Å². The predicted octanol–water partition coefficient (Wildman–Crippen LogP) is 4.17. The number of hydrogen-bond acceptors (Lipinski definition) is 6. The van der Waals surface area contributed by atoms with Crippen molar-refractivity contribution in [2.45, 2.75) is 12.0 Å². The van der Waals surface area contributed by atoms with Gasteiger partial charge in [-0.15, -0.1) is 0 Å². The number of carbonyl (C=O) groups is 1. The Morgan fingerprint density at radius 2 is 1.38 bits per heavy atom. The zero-order chi connectivity index (χ0) is 22.8. The van der Waals surface area contributed by atoms with Crippen LogP contribution in [0.5, 0.6) is 23.0 Å². The lowest BCUT2D eigenvalue weighted by molar-refractivity contribution is -0.126. The van der Waals surface area contributed by atoms with Gasteiger partial charge in [-0.1, -0.05) is 36.4 Å². The highest BCUT2D eigenvalue weighted by Crippen LogP contribution is 2.52. The van der Waals surface area contributed by atoms with Gasteiger partial charge in [-0.05, 0) is 23.3 Å². The predicted molar refractivity (Wildman–Crippen MR) is 123 cm³/mol. The maximum absolute atomic E-state index is 13.5. The van der Waals surface area contributed by atoms with Gasteiger partial charge >= 0.3 is 0 Å². The molecule has 0 spiro atoms. The quantitative estimate of drug-likeness (QED) is 0.444. The van der Waals surface area contributed by atoms with Gasteiger partial charge in [0.2, 0.25) is 11.7 Å². The molecule has 0 saturated carbocycles. The van der Waals surface area contributed by atoms with Gasteiger partial charge in [0.05, 0.1) is 51.8 Å². The van der Waals surface area contributed by atoms with E-state index in [0.717, 1.165) is 11.1 Å². The fourth-order valence-corrected chi connectivity index (χ4v) is 4.25. The summed E-state index contributed by atoms with van der Waals surface area (Å²) in [6.07, 6.45) is 0. The Morgan fingerprint density at radius 3 is 1.91 bits per heavy atom. The van der Waals surface area contributed by atoms with Crippen LogP contribution >= 0.6 is 0 Å². The molecule has 0 radical (unpaired) electrons. The molecule has 1 aliphatic heterocycles. The highest BCUT2D eigenvalue weighted by molar-refractivity contribution is 6.07. The summed E-state index contributed by atoms with van der Waals surface area (Å²) in [5.41, 5.74) is 9.21. The standard InChI is InChI=1S/C25H26N2O5/c1-29-19-11-10-16(12-18(19)26)23-22(15-8-6-5-7-9-15)25(28)27(23)17-13-20(30-2)24(32-4)21(14-17)31-3/h5-14,22-23H,26H2,1-4H3/t22-,23-/m0/s1. The zero-order valence-corrected chi connectivity index (χ0v) is 18.5. The Hall–Kier alpha value is -3.87. The van der Waals surface area contributed by atoms with Crippen molar-refractivity contribution in [1.29, 1.82) is 0 Å². The Bertz CT molecular complexity index is 1110. The molecule has 1 aliphatic rings. The Kier molecular flexibility index (Phi) is 5.81. The average Bonchev–Trinajstić information content (AvgIpc) is 2.82. The first-order valence-electron chi connectivity index (χ1n) is 10.2. The number of methoxy groups -OCH3 is 4. The maximum atomic E-state index is 13.5. The van der Waals surface area contributed by atoms with E-state index in [9.17, 15) is 4.79 Å². The number of hydrogen-bond donors (Lipinski definition) is 1. The Labute approximate surface area is 187 Å². The number of rotatable bonds is 7. The summed E-state index contributed by atoms with van der Waals surface area (Å²) < 4.78 is 21.7. The molecule has 7 heteroatoms. The smallest absolute Gasteiger partial charge is 0.237 e. The molecule has 1 heterocycles. The summed E-state index contributed by atoms with van der Waals surface area (Å²) in [5, 5.41) is 0. The van der Waals surface area contributed by atoms with Crippen LogP contribution in [0, 0.1) is 0 Å². The number of β-lactam (4-membered cyclic amide) rings is 1. The van der Waals surface area contributed by atoms with Gasteiger partial charge < -0.3 is 29.6 Å². The molecule has 0 aliphatic carbocycles. The molecule has 3 aromatic rings. The van der Waals surface area contributed by atoms with Crippen LogP contribution < -0.4 is 29.6 Å². The molecule has 1 saturated heterocycles. The molecule has 7 nitrogen and oxygen atoms in total. The number of ether oxygens (including phenoxy) is 4. The number of nitrogens with two attached hydrogens (primary N) is 1. The lowest BCUT2D eigenvalue weighted by Crippen LogP contribution is -2.53.